The number of fused-ring (bicyclic) bond motifs is 1. The third-order valence-corrected chi connectivity index (χ3v) is 2.55. The molecule has 0 saturated carbocycles. The lowest BCUT2D eigenvalue weighted by atomic mass is 10.1. The second-order valence-corrected chi connectivity index (χ2v) is 3.91. The van der Waals surface area contributed by atoms with Crippen LogP contribution in [0, 0.1) is 0 Å². The minimum absolute atomic E-state index is 0.387. The summed E-state index contributed by atoms with van der Waals surface area (Å²) in [4.78, 5) is 0. The fourth-order valence-corrected chi connectivity index (χ4v) is 1.89. The van der Waals surface area contributed by atoms with Gasteiger partial charge in [0.1, 0.15) is 0 Å². The number of rotatable bonds is 0. The zero-order valence-electron chi connectivity index (χ0n) is 7.72. The molecule has 4 nitrogen and oxygen atoms in total. The first-order valence-corrected chi connectivity index (χ1v) is 4.74. The van der Waals surface area contributed by atoms with Crippen LogP contribution < -0.4 is 21.3 Å². The van der Waals surface area contributed by atoms with Crippen molar-refractivity contribution in [3.63, 3.8) is 0 Å². The fourth-order valence-electron chi connectivity index (χ4n) is 1.89. The van der Waals surface area contributed by atoms with Crippen molar-refractivity contribution in [1.29, 1.82) is 0 Å². The molecule has 0 spiro atoms. The normalized spacial score (nSPS) is 48.5. The molecule has 12 heavy (non-hydrogen) atoms. The van der Waals surface area contributed by atoms with Crippen molar-refractivity contribution in [2.45, 2.75) is 38.3 Å². The third kappa shape index (κ3) is 1.61. The van der Waals surface area contributed by atoms with Crippen molar-refractivity contribution in [3.8, 4) is 0 Å². The zero-order chi connectivity index (χ0) is 8.55. The summed E-state index contributed by atoms with van der Waals surface area (Å²) < 4.78 is 0. The van der Waals surface area contributed by atoms with E-state index in [9.17, 15) is 0 Å². The molecule has 0 aromatic heterocycles. The quantitative estimate of drug-likeness (QED) is 0.369. The van der Waals surface area contributed by atoms with E-state index in [0.717, 1.165) is 13.1 Å². The Bertz CT molecular complexity index is 145. The first kappa shape index (κ1) is 8.44. The summed E-state index contributed by atoms with van der Waals surface area (Å²) in [5, 5.41) is 13.9. The molecule has 0 aliphatic carbocycles. The number of hydrogen-bond acceptors (Lipinski definition) is 4. The average molecular weight is 170 g/mol. The van der Waals surface area contributed by atoms with Gasteiger partial charge in [-0.05, 0) is 13.8 Å². The molecule has 2 rings (SSSR count). The minimum Gasteiger partial charge on any atom is -0.298 e. The predicted octanol–water partition coefficient (Wildman–Crippen LogP) is -1.20. The monoisotopic (exact) mass is 170 g/mol. The van der Waals surface area contributed by atoms with Crippen LogP contribution in [0.1, 0.15) is 13.8 Å². The van der Waals surface area contributed by atoms with Crippen LogP contribution in [-0.2, 0) is 0 Å². The second-order valence-electron chi connectivity index (χ2n) is 3.91. The molecule has 2 heterocycles. The first-order chi connectivity index (χ1) is 5.75. The van der Waals surface area contributed by atoms with E-state index in [1.807, 2.05) is 0 Å². The summed E-state index contributed by atoms with van der Waals surface area (Å²) in [5.41, 5.74) is 0. The molecule has 0 radical (unpaired) electrons. The van der Waals surface area contributed by atoms with Crippen molar-refractivity contribution in [3.05, 3.63) is 0 Å². The predicted molar refractivity (Wildman–Crippen MR) is 48.8 cm³/mol. The molecule has 4 heteroatoms. The van der Waals surface area contributed by atoms with Gasteiger partial charge in [0, 0.05) is 25.2 Å². The Balaban J connectivity index is 1.94. The molecule has 0 aromatic rings. The average Bonchev–Trinajstić information content (AvgIpc) is 2.03. The van der Waals surface area contributed by atoms with Gasteiger partial charge in [-0.2, -0.15) is 0 Å². The Morgan fingerprint density at radius 3 is 1.83 bits per heavy atom. The highest BCUT2D eigenvalue weighted by Gasteiger charge is 2.31. The number of piperazine rings is 2. The topological polar surface area (TPSA) is 48.1 Å². The highest BCUT2D eigenvalue weighted by Crippen LogP contribution is 2.02. The van der Waals surface area contributed by atoms with Gasteiger partial charge < -0.3 is 0 Å². The molecule has 4 N–H and O–H groups in total. The Morgan fingerprint density at radius 1 is 0.833 bits per heavy atom. The lowest BCUT2D eigenvalue weighted by Gasteiger charge is -2.43. The van der Waals surface area contributed by atoms with E-state index in [-0.39, 0.29) is 0 Å². The van der Waals surface area contributed by atoms with E-state index >= 15 is 0 Å². The fraction of sp³-hybridized carbons (Fsp3) is 1.00. The van der Waals surface area contributed by atoms with Gasteiger partial charge in [0.05, 0.1) is 12.3 Å². The molecule has 70 valence electrons. The van der Waals surface area contributed by atoms with Crippen LogP contribution in [0.15, 0.2) is 0 Å². The molecule has 2 aliphatic heterocycles. The van der Waals surface area contributed by atoms with Crippen molar-refractivity contribution < 1.29 is 0 Å². The van der Waals surface area contributed by atoms with Crippen LogP contribution >= 0.6 is 0 Å². The van der Waals surface area contributed by atoms with Crippen LogP contribution in [0.25, 0.3) is 0 Å². The highest BCUT2D eigenvalue weighted by atomic mass is 15.3. The van der Waals surface area contributed by atoms with Gasteiger partial charge in [-0.1, -0.05) is 0 Å². The maximum Gasteiger partial charge on any atom is 0.0871 e. The minimum atomic E-state index is 0.387. The second kappa shape index (κ2) is 3.30. The van der Waals surface area contributed by atoms with E-state index in [1.165, 1.54) is 0 Å². The van der Waals surface area contributed by atoms with Crippen molar-refractivity contribution in [2.75, 3.05) is 13.1 Å². The van der Waals surface area contributed by atoms with Crippen molar-refractivity contribution >= 4 is 0 Å². The van der Waals surface area contributed by atoms with Gasteiger partial charge in [-0.15, -0.1) is 0 Å². The summed E-state index contributed by atoms with van der Waals surface area (Å²) in [6, 6.07) is 1.12. The standard InChI is InChI=1S/C8H18N4/c1-5-3-9-7-8(11-5)12-6(2)4-10-7/h5-12H,3-4H2,1-2H3/t5-,6-,7?,8?/m0/s1. The van der Waals surface area contributed by atoms with Crippen molar-refractivity contribution in [2.24, 2.45) is 0 Å². The maximum absolute atomic E-state index is 3.51. The zero-order valence-corrected chi connectivity index (χ0v) is 7.72. The lowest BCUT2D eigenvalue weighted by Crippen LogP contribution is -2.74. The Kier molecular flexibility index (Phi) is 2.32. The number of hydrogen-bond donors (Lipinski definition) is 4. The van der Waals surface area contributed by atoms with Crippen LogP contribution in [0.5, 0.6) is 0 Å². The molecule has 0 unspecified atom stereocenters. The Labute approximate surface area is 73.5 Å². The largest absolute Gasteiger partial charge is 0.298 e. The summed E-state index contributed by atoms with van der Waals surface area (Å²) in [6.45, 7) is 6.49. The molecule has 0 bridgehead atoms. The smallest absolute Gasteiger partial charge is 0.0871 e. The van der Waals surface area contributed by atoms with E-state index < -0.39 is 0 Å². The SMILES string of the molecule is C[C@H]1CNC2NC[C@H](C)NC2N1. The Morgan fingerprint density at radius 2 is 1.33 bits per heavy atom. The molecule has 0 amide bonds. The lowest BCUT2D eigenvalue weighted by molar-refractivity contribution is 0.161. The van der Waals surface area contributed by atoms with Gasteiger partial charge in [-0.25, -0.2) is 0 Å². The van der Waals surface area contributed by atoms with Gasteiger partial charge in [0.25, 0.3) is 0 Å². The van der Waals surface area contributed by atoms with E-state index in [4.69, 9.17) is 0 Å². The van der Waals surface area contributed by atoms with Crippen molar-refractivity contribution in [1.82, 2.24) is 21.3 Å². The molecular weight excluding hydrogens is 152 g/mol. The molecular formula is C8H18N4. The molecule has 2 atom stereocenters. The summed E-state index contributed by atoms with van der Waals surface area (Å²) in [6.07, 6.45) is 0.787. The van der Waals surface area contributed by atoms with Gasteiger partial charge in [-0.3, -0.25) is 21.3 Å². The van der Waals surface area contributed by atoms with E-state index in [2.05, 4.69) is 35.1 Å². The summed E-state index contributed by atoms with van der Waals surface area (Å²) >= 11 is 0. The first-order valence-electron chi connectivity index (χ1n) is 4.74. The Hall–Kier alpha value is -0.160. The van der Waals surface area contributed by atoms with Gasteiger partial charge in [0.2, 0.25) is 0 Å². The van der Waals surface area contributed by atoms with Crippen LogP contribution in [0.2, 0.25) is 0 Å². The van der Waals surface area contributed by atoms with Crippen LogP contribution in [0.4, 0.5) is 0 Å². The molecule has 2 aliphatic rings. The van der Waals surface area contributed by atoms with E-state index in [0.29, 0.717) is 24.4 Å². The van der Waals surface area contributed by atoms with Gasteiger partial charge in [0.15, 0.2) is 0 Å². The van der Waals surface area contributed by atoms with Gasteiger partial charge >= 0.3 is 0 Å². The maximum atomic E-state index is 3.51. The molecule has 0 aromatic carbocycles. The summed E-state index contributed by atoms with van der Waals surface area (Å²) in [5.74, 6) is 0. The molecule has 2 saturated heterocycles. The molecule has 2 fully saturated rings. The third-order valence-electron chi connectivity index (χ3n) is 2.55. The summed E-state index contributed by atoms with van der Waals surface area (Å²) in [7, 11) is 0. The highest BCUT2D eigenvalue weighted by molar-refractivity contribution is 4.92. The van der Waals surface area contributed by atoms with E-state index in [1.54, 1.807) is 0 Å². The van der Waals surface area contributed by atoms with Crippen LogP contribution in [-0.4, -0.2) is 37.5 Å². The number of nitrogens with one attached hydrogen (secondary N) is 4. The van der Waals surface area contributed by atoms with Crippen LogP contribution in [0.3, 0.4) is 0 Å².